The van der Waals surface area contributed by atoms with Crippen LogP contribution in [-0.2, 0) is 36.2 Å². The molecule has 0 aromatic heterocycles. The summed E-state index contributed by atoms with van der Waals surface area (Å²) in [5, 5.41) is 17.8. The molecule has 0 bridgehead atoms. The van der Waals surface area contributed by atoms with E-state index in [9.17, 15) is 19.5 Å². The number of carbonyl (C=O) groups is 3. The normalized spacial score (nSPS) is 9.86. The van der Waals surface area contributed by atoms with Crippen molar-refractivity contribution in [2.75, 3.05) is 7.11 Å². The Morgan fingerprint density at radius 2 is 1.91 bits per heavy atom. The third-order valence-corrected chi connectivity index (χ3v) is 2.37. The molecule has 1 aromatic carbocycles. The number of methoxy groups -OCH3 is 1. The molecular formula is C14H14CuO7. The smallest absolute Gasteiger partial charge is 0.338 e. The predicted octanol–water partition coefficient (Wildman–Crippen LogP) is 1.35. The van der Waals surface area contributed by atoms with Gasteiger partial charge in [0.05, 0.1) is 20.0 Å². The number of aliphatic carboxylic acids is 1. The van der Waals surface area contributed by atoms with Crippen molar-refractivity contribution >= 4 is 24.0 Å². The molecule has 7 nitrogen and oxygen atoms in total. The number of ether oxygens (including phenoxy) is 2. The van der Waals surface area contributed by atoms with E-state index in [0.29, 0.717) is 5.56 Å². The summed E-state index contributed by atoms with van der Waals surface area (Å²) >= 11 is 0. The third kappa shape index (κ3) is 6.92. The van der Waals surface area contributed by atoms with E-state index in [0.717, 1.165) is 6.08 Å². The van der Waals surface area contributed by atoms with Gasteiger partial charge in [0, 0.05) is 23.1 Å². The van der Waals surface area contributed by atoms with Gasteiger partial charge < -0.3 is 19.7 Å². The molecule has 0 heterocycles. The second-order valence-electron chi connectivity index (χ2n) is 3.95. The van der Waals surface area contributed by atoms with E-state index in [2.05, 4.69) is 4.74 Å². The molecule has 1 radical (unpaired) electrons. The van der Waals surface area contributed by atoms with Gasteiger partial charge >= 0.3 is 17.9 Å². The second-order valence-corrected chi connectivity index (χ2v) is 3.95. The van der Waals surface area contributed by atoms with Gasteiger partial charge in [0.25, 0.3) is 0 Å². The maximum absolute atomic E-state index is 11.3. The third-order valence-electron chi connectivity index (χ3n) is 2.37. The molecule has 0 aliphatic heterocycles. The first-order chi connectivity index (χ1) is 9.92. The molecule has 1 aromatic rings. The average Bonchev–Trinajstić information content (AvgIpc) is 2.44. The minimum Gasteiger partial charge on any atom is -0.504 e. The van der Waals surface area contributed by atoms with Crippen LogP contribution in [-0.4, -0.2) is 35.2 Å². The zero-order valence-electron chi connectivity index (χ0n) is 11.5. The minimum absolute atomic E-state index is 0. The Morgan fingerprint density at radius 3 is 2.50 bits per heavy atom. The second kappa shape index (κ2) is 9.59. The van der Waals surface area contributed by atoms with Gasteiger partial charge in [-0.2, -0.15) is 0 Å². The van der Waals surface area contributed by atoms with Crippen molar-refractivity contribution in [2.24, 2.45) is 0 Å². The molecule has 22 heavy (non-hydrogen) atoms. The number of rotatable bonds is 6. The first kappa shape index (κ1) is 19.7. The van der Waals surface area contributed by atoms with Gasteiger partial charge in [-0.05, 0) is 23.8 Å². The van der Waals surface area contributed by atoms with Gasteiger partial charge in [-0.1, -0.05) is 6.07 Å². The fourth-order valence-corrected chi connectivity index (χ4v) is 1.37. The molecule has 0 aliphatic carbocycles. The van der Waals surface area contributed by atoms with Crippen LogP contribution in [0.5, 0.6) is 11.5 Å². The summed E-state index contributed by atoms with van der Waals surface area (Å²) in [6, 6.07) is 4.42. The fourth-order valence-electron chi connectivity index (χ4n) is 1.37. The summed E-state index contributed by atoms with van der Waals surface area (Å²) in [7, 11) is 1.39. The maximum atomic E-state index is 11.3. The minimum atomic E-state index is -1.15. The largest absolute Gasteiger partial charge is 0.504 e. The first-order valence-corrected chi connectivity index (χ1v) is 5.94. The van der Waals surface area contributed by atoms with E-state index in [1.807, 2.05) is 0 Å². The SMILES string of the molecule is COc1cc(C=CC(=O)OC(=O)CCC(=O)O)ccc1O.[Cu]. The van der Waals surface area contributed by atoms with E-state index in [1.54, 1.807) is 0 Å². The van der Waals surface area contributed by atoms with Gasteiger partial charge in [0.1, 0.15) is 0 Å². The van der Waals surface area contributed by atoms with Crippen molar-refractivity contribution in [3.8, 4) is 11.5 Å². The summed E-state index contributed by atoms with van der Waals surface area (Å²) in [6.45, 7) is 0. The topological polar surface area (TPSA) is 110 Å². The maximum Gasteiger partial charge on any atom is 0.338 e. The van der Waals surface area contributed by atoms with Crippen molar-refractivity contribution in [2.45, 2.75) is 12.8 Å². The Labute approximate surface area is 137 Å². The number of aromatic hydroxyl groups is 1. The molecule has 0 aliphatic rings. The van der Waals surface area contributed by atoms with Crippen LogP contribution in [0, 0.1) is 0 Å². The Kier molecular flexibility index (Phi) is 8.59. The molecule has 0 amide bonds. The van der Waals surface area contributed by atoms with Crippen LogP contribution in [0.4, 0.5) is 0 Å². The Balaban J connectivity index is 0.00000441. The molecule has 0 unspecified atom stereocenters. The van der Waals surface area contributed by atoms with Crippen molar-refractivity contribution in [3.63, 3.8) is 0 Å². The Bertz CT molecular complexity index is 581. The molecule has 0 fully saturated rings. The number of phenolic OH excluding ortho intramolecular Hbond substituents is 1. The quantitative estimate of drug-likeness (QED) is 0.342. The van der Waals surface area contributed by atoms with Crippen LogP contribution in [0.3, 0.4) is 0 Å². The number of carboxylic acid groups (broad SMARTS) is 1. The first-order valence-electron chi connectivity index (χ1n) is 5.94. The summed E-state index contributed by atoms with van der Waals surface area (Å²) in [5.74, 6) is -2.76. The fraction of sp³-hybridized carbons (Fsp3) is 0.214. The Hall–Kier alpha value is -2.31. The van der Waals surface area contributed by atoms with Crippen LogP contribution in [0.2, 0.25) is 0 Å². The summed E-state index contributed by atoms with van der Waals surface area (Å²) in [5.41, 5.74) is 0.555. The number of esters is 2. The van der Waals surface area contributed by atoms with E-state index >= 15 is 0 Å². The van der Waals surface area contributed by atoms with Crippen molar-refractivity contribution in [3.05, 3.63) is 29.8 Å². The van der Waals surface area contributed by atoms with Gasteiger partial charge in [-0.3, -0.25) is 9.59 Å². The average molecular weight is 358 g/mol. The number of hydrogen-bond acceptors (Lipinski definition) is 6. The van der Waals surface area contributed by atoms with Crippen LogP contribution in [0.25, 0.3) is 6.08 Å². The molecule has 8 heteroatoms. The molecule has 0 atom stereocenters. The van der Waals surface area contributed by atoms with Gasteiger partial charge in [0.15, 0.2) is 11.5 Å². The number of carbonyl (C=O) groups excluding carboxylic acids is 2. The number of phenols is 1. The zero-order valence-corrected chi connectivity index (χ0v) is 12.5. The molecule has 123 valence electrons. The summed E-state index contributed by atoms with van der Waals surface area (Å²) in [6.07, 6.45) is 1.62. The summed E-state index contributed by atoms with van der Waals surface area (Å²) in [4.78, 5) is 32.7. The number of carboxylic acids is 1. The van der Waals surface area contributed by atoms with Crippen molar-refractivity contribution in [1.29, 1.82) is 0 Å². The number of hydrogen-bond donors (Lipinski definition) is 2. The van der Waals surface area contributed by atoms with Crippen molar-refractivity contribution < 1.29 is 51.1 Å². The van der Waals surface area contributed by atoms with E-state index in [4.69, 9.17) is 9.84 Å². The molecule has 1 rings (SSSR count). The van der Waals surface area contributed by atoms with Gasteiger partial charge in [-0.25, -0.2) is 4.79 Å². The van der Waals surface area contributed by atoms with E-state index < -0.39 is 24.3 Å². The molecule has 0 saturated heterocycles. The van der Waals surface area contributed by atoms with E-state index in [-0.39, 0.29) is 35.0 Å². The molecular weight excluding hydrogens is 344 g/mol. The Morgan fingerprint density at radius 1 is 1.23 bits per heavy atom. The monoisotopic (exact) mass is 357 g/mol. The van der Waals surface area contributed by atoms with Crippen molar-refractivity contribution in [1.82, 2.24) is 0 Å². The summed E-state index contributed by atoms with van der Waals surface area (Å²) < 4.78 is 9.30. The van der Waals surface area contributed by atoms with Crippen LogP contribution in [0.1, 0.15) is 18.4 Å². The van der Waals surface area contributed by atoms with E-state index in [1.165, 1.54) is 31.4 Å². The van der Waals surface area contributed by atoms with Gasteiger partial charge in [-0.15, -0.1) is 0 Å². The zero-order chi connectivity index (χ0) is 15.8. The standard InChI is InChI=1S/C14H14O7.Cu/c1-20-11-8-9(2-4-10(11)15)3-6-13(18)21-14(19)7-5-12(16)17;/h2-4,6,8,15H,5,7H2,1H3,(H,16,17);. The van der Waals surface area contributed by atoms with Crippen LogP contribution < -0.4 is 4.74 Å². The van der Waals surface area contributed by atoms with Crippen LogP contribution >= 0.6 is 0 Å². The molecule has 0 saturated carbocycles. The number of benzene rings is 1. The predicted molar refractivity (Wildman–Crippen MR) is 71.7 cm³/mol. The molecule has 0 spiro atoms. The van der Waals surface area contributed by atoms with Crippen LogP contribution in [0.15, 0.2) is 24.3 Å². The molecule has 2 N–H and O–H groups in total. The van der Waals surface area contributed by atoms with Gasteiger partial charge in [0.2, 0.25) is 0 Å².